The van der Waals surface area contributed by atoms with Crippen LogP contribution in [0, 0.1) is 23.2 Å². The highest BCUT2D eigenvalue weighted by atomic mass is 16.6. The zero-order valence-electron chi connectivity index (χ0n) is 20.9. The van der Waals surface area contributed by atoms with Crippen LogP contribution in [0.3, 0.4) is 0 Å². The van der Waals surface area contributed by atoms with E-state index in [1.165, 1.54) is 6.42 Å². The Morgan fingerprint density at radius 2 is 1.88 bits per heavy atom. The minimum absolute atomic E-state index is 0.0139. The number of anilines is 1. The van der Waals surface area contributed by atoms with Crippen LogP contribution in [0.4, 0.5) is 10.5 Å². The number of nitrogens with one attached hydrogen (secondary N) is 1. The van der Waals surface area contributed by atoms with Gasteiger partial charge in [0, 0.05) is 12.5 Å². The van der Waals surface area contributed by atoms with Crippen LogP contribution < -0.4 is 10.1 Å². The number of carbonyl (C=O) groups excluding carboxylic acids is 1. The predicted octanol–water partition coefficient (Wildman–Crippen LogP) is 6.59. The van der Waals surface area contributed by atoms with E-state index in [-0.39, 0.29) is 12.2 Å². The van der Waals surface area contributed by atoms with Gasteiger partial charge in [-0.1, -0.05) is 59.6 Å². The number of hydrogen-bond donors (Lipinski definition) is 1. The van der Waals surface area contributed by atoms with E-state index in [0.717, 1.165) is 51.7 Å². The average Bonchev–Trinajstić information content (AvgIpc) is 2.77. The van der Waals surface area contributed by atoms with E-state index >= 15 is 0 Å². The molecule has 1 amide bonds. The Morgan fingerprint density at radius 3 is 2.56 bits per heavy atom. The zero-order chi connectivity index (χ0) is 23.1. The standard InChI is InChI=1S/C27H44N2O3/c1-6-9-12-17-31-24-14-11-10-13-23(24)28-26(30)32-25-20-15-16-22(27(4,5)18-20)21(25)19-29(7-2)8-3/h10-11,13-14,20-22,25H,6-9,12,15-19H2,1-5H3,(H,28,30)/t20-,21+,22-,25-/m0/s1. The molecule has 5 heteroatoms. The summed E-state index contributed by atoms with van der Waals surface area (Å²) in [5.41, 5.74) is 1.01. The molecule has 0 saturated heterocycles. The van der Waals surface area contributed by atoms with E-state index < -0.39 is 0 Å². The first-order valence-electron chi connectivity index (χ1n) is 12.8. The molecule has 0 heterocycles. The van der Waals surface area contributed by atoms with E-state index in [1.54, 1.807) is 0 Å². The van der Waals surface area contributed by atoms with Gasteiger partial charge in [0.15, 0.2) is 0 Å². The molecule has 3 aliphatic carbocycles. The fourth-order valence-electron chi connectivity index (χ4n) is 6.05. The minimum atomic E-state index is -0.352. The lowest BCUT2D eigenvalue weighted by Crippen LogP contribution is -2.56. The van der Waals surface area contributed by atoms with E-state index in [4.69, 9.17) is 9.47 Å². The molecule has 180 valence electrons. The molecule has 2 bridgehead atoms. The lowest BCUT2D eigenvalue weighted by molar-refractivity contribution is -0.124. The topological polar surface area (TPSA) is 50.8 Å². The number of amides is 1. The SMILES string of the molecule is CCCCCOc1ccccc1NC(=O)O[C@H]1[C@H]2CC[C@@H]([C@H]1CN(CC)CC)C(C)(C)C2. The largest absolute Gasteiger partial charge is 0.491 e. The quantitative estimate of drug-likeness (QED) is 0.391. The molecule has 0 unspecified atom stereocenters. The third kappa shape index (κ3) is 5.98. The molecular formula is C27H44N2O3. The Morgan fingerprint density at radius 1 is 1.12 bits per heavy atom. The van der Waals surface area contributed by atoms with Crippen LogP contribution in [0.5, 0.6) is 5.75 Å². The van der Waals surface area contributed by atoms with E-state index in [0.29, 0.717) is 41.2 Å². The lowest BCUT2D eigenvalue weighted by Gasteiger charge is -2.56. The van der Waals surface area contributed by atoms with Crippen molar-refractivity contribution in [2.45, 2.75) is 79.2 Å². The van der Waals surface area contributed by atoms with Crippen LogP contribution in [-0.2, 0) is 4.74 Å². The summed E-state index contributed by atoms with van der Waals surface area (Å²) in [7, 11) is 0. The molecule has 4 atom stereocenters. The Hall–Kier alpha value is -1.75. The van der Waals surface area contributed by atoms with Crippen molar-refractivity contribution < 1.29 is 14.3 Å². The monoisotopic (exact) mass is 444 g/mol. The molecule has 1 N–H and O–H groups in total. The van der Waals surface area contributed by atoms with Gasteiger partial charge in [-0.05, 0) is 68.2 Å². The fourth-order valence-corrected chi connectivity index (χ4v) is 6.05. The van der Waals surface area contributed by atoms with Gasteiger partial charge in [0.25, 0.3) is 0 Å². The van der Waals surface area contributed by atoms with E-state index in [2.05, 4.69) is 44.8 Å². The highest BCUT2D eigenvalue weighted by molar-refractivity contribution is 5.86. The third-order valence-electron chi connectivity index (χ3n) is 7.78. The van der Waals surface area contributed by atoms with Crippen molar-refractivity contribution in [1.29, 1.82) is 0 Å². The second kappa shape index (κ2) is 11.4. The van der Waals surface area contributed by atoms with Gasteiger partial charge in [-0.15, -0.1) is 0 Å². The number of carbonyl (C=O) groups is 1. The van der Waals surface area contributed by atoms with Crippen LogP contribution in [0.2, 0.25) is 0 Å². The first-order valence-corrected chi connectivity index (χ1v) is 12.8. The molecule has 0 aliphatic heterocycles. The minimum Gasteiger partial charge on any atom is -0.491 e. The van der Waals surface area contributed by atoms with Gasteiger partial charge in [0.05, 0.1) is 12.3 Å². The number of para-hydroxylation sites is 2. The molecule has 3 aliphatic rings. The van der Waals surface area contributed by atoms with Crippen molar-refractivity contribution in [2.75, 3.05) is 31.6 Å². The summed E-state index contributed by atoms with van der Waals surface area (Å²) >= 11 is 0. The van der Waals surface area contributed by atoms with Crippen molar-refractivity contribution in [1.82, 2.24) is 4.90 Å². The van der Waals surface area contributed by atoms with Crippen molar-refractivity contribution in [3.8, 4) is 5.75 Å². The lowest BCUT2D eigenvalue weighted by atomic mass is 9.52. The normalized spacial score (nSPS) is 26.2. The van der Waals surface area contributed by atoms with Gasteiger partial charge in [-0.25, -0.2) is 4.79 Å². The summed E-state index contributed by atoms with van der Waals surface area (Å²) in [5.74, 6) is 2.15. The number of ether oxygens (including phenoxy) is 2. The van der Waals surface area contributed by atoms with Crippen molar-refractivity contribution in [3.63, 3.8) is 0 Å². The number of fused-ring (bicyclic) bond motifs is 3. The predicted molar refractivity (Wildman–Crippen MR) is 131 cm³/mol. The van der Waals surface area contributed by atoms with Gasteiger partial charge in [0.1, 0.15) is 11.9 Å². The Bertz CT molecular complexity index is 731. The summed E-state index contributed by atoms with van der Waals surface area (Å²) in [6.45, 7) is 15.2. The second-order valence-corrected chi connectivity index (χ2v) is 10.3. The molecule has 4 rings (SSSR count). The Labute approximate surface area is 195 Å². The second-order valence-electron chi connectivity index (χ2n) is 10.3. The molecule has 5 nitrogen and oxygen atoms in total. The summed E-state index contributed by atoms with van der Waals surface area (Å²) in [6, 6.07) is 7.66. The number of benzene rings is 1. The van der Waals surface area contributed by atoms with Crippen LogP contribution in [-0.4, -0.2) is 43.3 Å². The van der Waals surface area contributed by atoms with Gasteiger partial charge >= 0.3 is 6.09 Å². The number of hydrogen-bond acceptors (Lipinski definition) is 4. The summed E-state index contributed by atoms with van der Waals surface area (Å²) in [5, 5.41) is 2.98. The molecular weight excluding hydrogens is 400 g/mol. The maximum absolute atomic E-state index is 13.0. The maximum atomic E-state index is 13.0. The average molecular weight is 445 g/mol. The molecule has 0 radical (unpaired) electrons. The Balaban J connectivity index is 1.68. The zero-order valence-corrected chi connectivity index (χ0v) is 20.9. The molecule has 0 spiro atoms. The summed E-state index contributed by atoms with van der Waals surface area (Å²) < 4.78 is 12.1. The van der Waals surface area contributed by atoms with E-state index in [1.807, 2.05) is 24.3 Å². The molecule has 3 saturated carbocycles. The molecule has 32 heavy (non-hydrogen) atoms. The molecule has 3 fully saturated rings. The highest BCUT2D eigenvalue weighted by Gasteiger charge is 2.53. The first kappa shape index (κ1) is 24.9. The van der Waals surface area contributed by atoms with Crippen LogP contribution >= 0.6 is 0 Å². The number of rotatable bonds is 11. The van der Waals surface area contributed by atoms with Crippen LogP contribution in [0.25, 0.3) is 0 Å². The van der Waals surface area contributed by atoms with Gasteiger partial charge in [-0.3, -0.25) is 5.32 Å². The summed E-state index contributed by atoms with van der Waals surface area (Å²) in [6.07, 6.45) is 6.51. The van der Waals surface area contributed by atoms with Crippen molar-refractivity contribution in [3.05, 3.63) is 24.3 Å². The van der Waals surface area contributed by atoms with Gasteiger partial charge < -0.3 is 14.4 Å². The first-order chi connectivity index (χ1) is 15.4. The van der Waals surface area contributed by atoms with E-state index in [9.17, 15) is 4.79 Å². The molecule has 0 aromatic heterocycles. The number of nitrogens with zero attached hydrogens (tertiary/aromatic N) is 1. The smallest absolute Gasteiger partial charge is 0.412 e. The molecule has 1 aromatic rings. The van der Waals surface area contributed by atoms with Gasteiger partial charge in [-0.2, -0.15) is 0 Å². The van der Waals surface area contributed by atoms with Crippen LogP contribution in [0.15, 0.2) is 24.3 Å². The van der Waals surface area contributed by atoms with Gasteiger partial charge in [0.2, 0.25) is 0 Å². The fraction of sp³-hybridized carbons (Fsp3) is 0.741. The van der Waals surface area contributed by atoms with Crippen LogP contribution in [0.1, 0.15) is 73.1 Å². The third-order valence-corrected chi connectivity index (χ3v) is 7.78. The van der Waals surface area contributed by atoms with Crippen molar-refractivity contribution in [2.24, 2.45) is 23.2 Å². The number of unbranched alkanes of at least 4 members (excludes halogenated alkanes) is 2. The molecule has 1 aromatic carbocycles. The highest BCUT2D eigenvalue weighted by Crippen LogP contribution is 2.56. The maximum Gasteiger partial charge on any atom is 0.412 e. The van der Waals surface area contributed by atoms with Crippen molar-refractivity contribution >= 4 is 11.8 Å². The Kier molecular flexibility index (Phi) is 8.87. The summed E-state index contributed by atoms with van der Waals surface area (Å²) in [4.78, 5) is 15.5.